The second-order valence-corrected chi connectivity index (χ2v) is 4.78. The molecule has 1 heterocycles. The highest BCUT2D eigenvalue weighted by atomic mass is 16.6. The maximum Gasteiger partial charge on any atom is 0.270 e. The van der Waals surface area contributed by atoms with Crippen LogP contribution in [0.3, 0.4) is 0 Å². The molecule has 112 valence electrons. The number of hydrogen-bond donors (Lipinski definition) is 1. The number of nitro groups is 1. The number of anilines is 1. The molecular formula is C15H20N4O2. The molecule has 6 heteroatoms. The molecule has 0 aliphatic heterocycles. The molecule has 0 fully saturated rings. The maximum atomic E-state index is 10.7. The standard InChI is InChI=1S/C15H20N4O2/c1-3-18(4-2)10-9-16-15-8-5-12-11-13(19(20)21)6-7-14(12)17-15/h5-8,11H,3-4,9-10H2,1-2H3,(H,16,17). The Hall–Kier alpha value is -2.21. The van der Waals surface area contributed by atoms with Crippen molar-refractivity contribution in [2.24, 2.45) is 0 Å². The topological polar surface area (TPSA) is 71.3 Å². The van der Waals surface area contributed by atoms with Crippen LogP contribution < -0.4 is 5.32 Å². The quantitative estimate of drug-likeness (QED) is 0.626. The van der Waals surface area contributed by atoms with Gasteiger partial charge in [0.2, 0.25) is 0 Å². The van der Waals surface area contributed by atoms with Gasteiger partial charge in [0.05, 0.1) is 10.4 Å². The number of nitrogens with one attached hydrogen (secondary N) is 1. The molecular weight excluding hydrogens is 268 g/mol. The number of pyridine rings is 1. The molecule has 0 amide bonds. The number of rotatable bonds is 7. The number of fused-ring (bicyclic) bond motifs is 1. The average Bonchev–Trinajstić information content (AvgIpc) is 2.51. The minimum atomic E-state index is -0.393. The zero-order valence-electron chi connectivity index (χ0n) is 12.4. The van der Waals surface area contributed by atoms with Gasteiger partial charge in [-0.1, -0.05) is 13.8 Å². The molecule has 1 N–H and O–H groups in total. The van der Waals surface area contributed by atoms with Crippen LogP contribution in [0.4, 0.5) is 11.5 Å². The van der Waals surface area contributed by atoms with Gasteiger partial charge < -0.3 is 10.2 Å². The van der Waals surface area contributed by atoms with Crippen molar-refractivity contribution in [1.29, 1.82) is 0 Å². The lowest BCUT2D eigenvalue weighted by molar-refractivity contribution is -0.384. The molecule has 1 aromatic carbocycles. The molecule has 2 aromatic rings. The molecule has 1 aromatic heterocycles. The van der Waals surface area contributed by atoms with E-state index in [0.29, 0.717) is 0 Å². The van der Waals surface area contributed by atoms with Gasteiger partial charge in [-0.05, 0) is 31.3 Å². The number of benzene rings is 1. The van der Waals surface area contributed by atoms with E-state index in [1.807, 2.05) is 12.1 Å². The smallest absolute Gasteiger partial charge is 0.270 e. The summed E-state index contributed by atoms with van der Waals surface area (Å²) in [5, 5.41) is 14.8. The summed E-state index contributed by atoms with van der Waals surface area (Å²) >= 11 is 0. The van der Waals surface area contributed by atoms with Crippen molar-refractivity contribution in [1.82, 2.24) is 9.88 Å². The number of aromatic nitrogens is 1. The van der Waals surface area contributed by atoms with Crippen LogP contribution >= 0.6 is 0 Å². The molecule has 0 bridgehead atoms. The van der Waals surface area contributed by atoms with E-state index >= 15 is 0 Å². The SMILES string of the molecule is CCN(CC)CCNc1ccc2cc([N+](=O)[O-])ccc2n1. The van der Waals surface area contributed by atoms with E-state index in [2.05, 4.69) is 29.0 Å². The first-order chi connectivity index (χ1) is 10.1. The normalized spacial score (nSPS) is 11.0. The first kappa shape index (κ1) is 15.2. The highest BCUT2D eigenvalue weighted by Crippen LogP contribution is 2.20. The van der Waals surface area contributed by atoms with Gasteiger partial charge in [0.25, 0.3) is 5.69 Å². The van der Waals surface area contributed by atoms with Crippen molar-refractivity contribution >= 4 is 22.4 Å². The lowest BCUT2D eigenvalue weighted by atomic mass is 10.2. The van der Waals surface area contributed by atoms with Crippen LogP contribution in [0.2, 0.25) is 0 Å². The Labute approximate surface area is 123 Å². The molecule has 0 saturated heterocycles. The summed E-state index contributed by atoms with van der Waals surface area (Å²) in [5.74, 6) is 0.795. The summed E-state index contributed by atoms with van der Waals surface area (Å²) in [6, 6.07) is 8.42. The third kappa shape index (κ3) is 3.88. The van der Waals surface area contributed by atoms with Gasteiger partial charge in [0.1, 0.15) is 5.82 Å². The van der Waals surface area contributed by atoms with Crippen molar-refractivity contribution in [2.75, 3.05) is 31.5 Å². The third-order valence-electron chi connectivity index (χ3n) is 3.51. The molecule has 6 nitrogen and oxygen atoms in total. The molecule has 0 atom stereocenters. The summed E-state index contributed by atoms with van der Waals surface area (Å²) in [5.41, 5.74) is 0.847. The van der Waals surface area contributed by atoms with E-state index < -0.39 is 4.92 Å². The monoisotopic (exact) mass is 288 g/mol. The number of hydrogen-bond acceptors (Lipinski definition) is 5. The van der Waals surface area contributed by atoms with E-state index in [1.165, 1.54) is 6.07 Å². The Kier molecular flexibility index (Phi) is 5.05. The molecule has 0 aliphatic carbocycles. The van der Waals surface area contributed by atoms with Crippen molar-refractivity contribution in [3.05, 3.63) is 40.4 Å². The first-order valence-electron chi connectivity index (χ1n) is 7.15. The van der Waals surface area contributed by atoms with Crippen molar-refractivity contribution < 1.29 is 4.92 Å². The van der Waals surface area contributed by atoms with E-state index in [1.54, 1.807) is 12.1 Å². The molecule has 0 aliphatic rings. The van der Waals surface area contributed by atoms with E-state index in [4.69, 9.17) is 0 Å². The molecule has 0 unspecified atom stereocenters. The maximum absolute atomic E-state index is 10.7. The zero-order chi connectivity index (χ0) is 15.2. The average molecular weight is 288 g/mol. The summed E-state index contributed by atoms with van der Waals surface area (Å²) in [6.07, 6.45) is 0. The third-order valence-corrected chi connectivity index (χ3v) is 3.51. The Bertz CT molecular complexity index is 626. The number of nitrogens with zero attached hydrogens (tertiary/aromatic N) is 3. The molecule has 0 saturated carbocycles. The van der Waals surface area contributed by atoms with E-state index in [9.17, 15) is 10.1 Å². The fraction of sp³-hybridized carbons (Fsp3) is 0.400. The first-order valence-corrected chi connectivity index (χ1v) is 7.15. The summed E-state index contributed by atoms with van der Waals surface area (Å²) in [7, 11) is 0. The van der Waals surface area contributed by atoms with Crippen LogP contribution in [-0.2, 0) is 0 Å². The second kappa shape index (κ2) is 6.99. The molecule has 0 radical (unpaired) electrons. The van der Waals surface area contributed by atoms with Crippen molar-refractivity contribution in [3.8, 4) is 0 Å². The highest BCUT2D eigenvalue weighted by molar-refractivity contribution is 5.82. The van der Waals surface area contributed by atoms with E-state index in [-0.39, 0.29) is 5.69 Å². The van der Waals surface area contributed by atoms with Crippen LogP contribution in [0.1, 0.15) is 13.8 Å². The van der Waals surface area contributed by atoms with Gasteiger partial charge in [0.15, 0.2) is 0 Å². The fourth-order valence-corrected chi connectivity index (χ4v) is 2.21. The van der Waals surface area contributed by atoms with Crippen molar-refractivity contribution in [2.45, 2.75) is 13.8 Å². The zero-order valence-corrected chi connectivity index (χ0v) is 12.4. The predicted octanol–water partition coefficient (Wildman–Crippen LogP) is 2.90. The number of likely N-dealkylation sites (N-methyl/N-ethyl adjacent to an activating group) is 1. The number of nitro benzene ring substituents is 1. The van der Waals surface area contributed by atoms with Crippen LogP contribution in [0, 0.1) is 10.1 Å². The van der Waals surface area contributed by atoms with Gasteiger partial charge in [-0.25, -0.2) is 4.98 Å². The van der Waals surface area contributed by atoms with E-state index in [0.717, 1.165) is 42.9 Å². The highest BCUT2D eigenvalue weighted by Gasteiger charge is 2.07. The van der Waals surface area contributed by atoms with Crippen molar-refractivity contribution in [3.63, 3.8) is 0 Å². The molecule has 2 rings (SSSR count). The minimum absolute atomic E-state index is 0.0894. The van der Waals surface area contributed by atoms with Gasteiger partial charge in [-0.3, -0.25) is 10.1 Å². The van der Waals surface area contributed by atoms with Crippen LogP contribution in [-0.4, -0.2) is 41.0 Å². The fourth-order valence-electron chi connectivity index (χ4n) is 2.21. The van der Waals surface area contributed by atoms with Crippen LogP contribution in [0.15, 0.2) is 30.3 Å². The van der Waals surface area contributed by atoms with Gasteiger partial charge in [-0.2, -0.15) is 0 Å². The summed E-state index contributed by atoms with van der Waals surface area (Å²) in [4.78, 5) is 17.2. The minimum Gasteiger partial charge on any atom is -0.369 e. The van der Waals surface area contributed by atoms with Gasteiger partial charge in [-0.15, -0.1) is 0 Å². The Morgan fingerprint density at radius 2 is 2.00 bits per heavy atom. The largest absolute Gasteiger partial charge is 0.369 e. The predicted molar refractivity (Wildman–Crippen MR) is 84.7 cm³/mol. The van der Waals surface area contributed by atoms with Gasteiger partial charge in [0, 0.05) is 30.6 Å². The van der Waals surface area contributed by atoms with Crippen LogP contribution in [0.25, 0.3) is 10.9 Å². The van der Waals surface area contributed by atoms with Crippen LogP contribution in [0.5, 0.6) is 0 Å². The Morgan fingerprint density at radius 1 is 1.24 bits per heavy atom. The van der Waals surface area contributed by atoms with Gasteiger partial charge >= 0.3 is 0 Å². The lowest BCUT2D eigenvalue weighted by Crippen LogP contribution is -2.28. The molecule has 21 heavy (non-hydrogen) atoms. The second-order valence-electron chi connectivity index (χ2n) is 4.78. The lowest BCUT2D eigenvalue weighted by Gasteiger charge is -2.18. The summed E-state index contributed by atoms with van der Waals surface area (Å²) in [6.45, 7) is 8.15. The Balaban J connectivity index is 2.05. The number of non-ortho nitro benzene ring substituents is 1. The molecule has 0 spiro atoms. The Morgan fingerprint density at radius 3 is 2.67 bits per heavy atom. The summed E-state index contributed by atoms with van der Waals surface area (Å²) < 4.78 is 0.